The molecule has 0 aromatic carbocycles. The Hall–Kier alpha value is -1.30. The molecule has 0 aromatic heterocycles. The molecule has 1 aliphatic rings. The summed E-state index contributed by atoms with van der Waals surface area (Å²) in [6, 6.07) is 0. The largest absolute Gasteiger partial charge is 0.380 e. The molecule has 1 heterocycles. The zero-order valence-corrected chi connectivity index (χ0v) is 12.2. The minimum absolute atomic E-state index is 0.645. The molecule has 1 fully saturated rings. The molecular formula is C17H25NO. The first-order valence-electron chi connectivity index (χ1n) is 7.00. The van der Waals surface area contributed by atoms with Crippen molar-refractivity contribution in [2.24, 2.45) is 5.92 Å². The maximum absolute atomic E-state index is 5.65. The molecule has 0 aliphatic carbocycles. The van der Waals surface area contributed by atoms with Crippen LogP contribution in [-0.2, 0) is 4.74 Å². The number of hydrogen-bond acceptors (Lipinski definition) is 2. The lowest BCUT2D eigenvalue weighted by atomic mass is 10.1. The highest BCUT2D eigenvalue weighted by Gasteiger charge is 2.17. The van der Waals surface area contributed by atoms with Gasteiger partial charge in [-0.2, -0.15) is 0 Å². The van der Waals surface area contributed by atoms with Crippen LogP contribution in [0.25, 0.3) is 0 Å². The van der Waals surface area contributed by atoms with Crippen LogP contribution >= 0.6 is 0 Å². The average Bonchev–Trinajstić information content (AvgIpc) is 2.64. The Morgan fingerprint density at radius 1 is 1.53 bits per heavy atom. The smallest absolute Gasteiger partial charge is 0.0593 e. The lowest BCUT2D eigenvalue weighted by Gasteiger charge is -2.23. The van der Waals surface area contributed by atoms with E-state index in [-0.39, 0.29) is 0 Å². The van der Waals surface area contributed by atoms with Gasteiger partial charge in [-0.1, -0.05) is 31.6 Å². The van der Waals surface area contributed by atoms with E-state index in [1.807, 2.05) is 19.1 Å². The van der Waals surface area contributed by atoms with Crippen molar-refractivity contribution in [1.82, 2.24) is 4.90 Å². The molecule has 0 N–H and O–H groups in total. The summed E-state index contributed by atoms with van der Waals surface area (Å²) in [5.74, 6) is 6.47. The minimum atomic E-state index is 0.645. The Morgan fingerprint density at radius 2 is 2.37 bits per heavy atom. The number of rotatable bonds is 5. The first kappa shape index (κ1) is 15.8. The molecule has 2 nitrogen and oxygen atoms in total. The van der Waals surface area contributed by atoms with E-state index < -0.39 is 0 Å². The van der Waals surface area contributed by atoms with Gasteiger partial charge in [0.1, 0.15) is 0 Å². The molecule has 1 atom stereocenters. The maximum Gasteiger partial charge on any atom is 0.0593 e. The van der Waals surface area contributed by atoms with Crippen LogP contribution in [-0.4, -0.2) is 37.7 Å². The average molecular weight is 259 g/mol. The number of nitrogens with zero attached hydrogens (tertiary/aromatic N) is 1. The molecule has 1 rings (SSSR count). The van der Waals surface area contributed by atoms with E-state index in [0.717, 1.165) is 32.8 Å². The van der Waals surface area contributed by atoms with Gasteiger partial charge in [-0.25, -0.2) is 0 Å². The fourth-order valence-electron chi connectivity index (χ4n) is 2.15. The predicted molar refractivity (Wildman–Crippen MR) is 81.9 cm³/mol. The summed E-state index contributed by atoms with van der Waals surface area (Å²) in [6.45, 7) is 12.6. The van der Waals surface area contributed by atoms with Crippen LogP contribution in [0.4, 0.5) is 0 Å². The van der Waals surface area contributed by atoms with Gasteiger partial charge in [-0.05, 0) is 37.0 Å². The van der Waals surface area contributed by atoms with Gasteiger partial charge in [-0.3, -0.25) is 4.90 Å². The lowest BCUT2D eigenvalue weighted by Crippen LogP contribution is -2.31. The standard InChI is InChI=1S/C17H25NO/c1-4-7-8-10-17(9-5-2)14-18-11-12-19-15-16(6-3)13-18/h5,8-10,16H,2,6,11-15H2,1,3H3/b10-8-,17-9+. The predicted octanol–water partition coefficient (Wildman–Crippen LogP) is 3.04. The quantitative estimate of drug-likeness (QED) is 0.556. The van der Waals surface area contributed by atoms with Gasteiger partial charge in [0.25, 0.3) is 0 Å². The Morgan fingerprint density at radius 3 is 3.05 bits per heavy atom. The zero-order valence-electron chi connectivity index (χ0n) is 12.2. The molecule has 0 radical (unpaired) electrons. The SMILES string of the molecule is C=C/C=C(\C=C/C#CC)CN1CCOCC(CC)C1. The van der Waals surface area contributed by atoms with Gasteiger partial charge in [0.05, 0.1) is 13.2 Å². The normalized spacial score (nSPS) is 21.8. The minimum Gasteiger partial charge on any atom is -0.380 e. The van der Waals surface area contributed by atoms with Crippen molar-refractivity contribution in [3.8, 4) is 11.8 Å². The van der Waals surface area contributed by atoms with Gasteiger partial charge in [0, 0.05) is 19.6 Å². The van der Waals surface area contributed by atoms with Crippen molar-refractivity contribution in [2.45, 2.75) is 20.3 Å². The van der Waals surface area contributed by atoms with Gasteiger partial charge in [0.2, 0.25) is 0 Å². The Balaban J connectivity index is 2.63. The summed E-state index contributed by atoms with van der Waals surface area (Å²) in [5, 5.41) is 0. The van der Waals surface area contributed by atoms with E-state index in [0.29, 0.717) is 5.92 Å². The van der Waals surface area contributed by atoms with Crippen molar-refractivity contribution in [1.29, 1.82) is 0 Å². The van der Waals surface area contributed by atoms with Crippen LogP contribution in [0.15, 0.2) is 36.5 Å². The monoisotopic (exact) mass is 259 g/mol. The van der Waals surface area contributed by atoms with E-state index in [4.69, 9.17) is 4.74 Å². The highest BCUT2D eigenvalue weighted by atomic mass is 16.5. The molecule has 1 aliphatic heterocycles. The number of hydrogen-bond donors (Lipinski definition) is 0. The van der Waals surface area contributed by atoms with Crippen molar-refractivity contribution in [2.75, 3.05) is 32.8 Å². The second-order valence-corrected chi connectivity index (χ2v) is 4.79. The summed E-state index contributed by atoms with van der Waals surface area (Å²) in [5.41, 5.74) is 1.24. The lowest BCUT2D eigenvalue weighted by molar-refractivity contribution is 0.121. The van der Waals surface area contributed by atoms with E-state index in [1.165, 1.54) is 12.0 Å². The number of allylic oxidation sites excluding steroid dienone is 3. The molecule has 2 heteroatoms. The molecule has 0 aromatic rings. The Bertz CT molecular complexity index is 384. The van der Waals surface area contributed by atoms with Crippen LogP contribution in [0.2, 0.25) is 0 Å². The first-order valence-corrected chi connectivity index (χ1v) is 7.00. The Kier molecular flexibility index (Phi) is 7.97. The van der Waals surface area contributed by atoms with Gasteiger partial charge >= 0.3 is 0 Å². The van der Waals surface area contributed by atoms with Crippen molar-refractivity contribution in [3.63, 3.8) is 0 Å². The summed E-state index contributed by atoms with van der Waals surface area (Å²) in [6.07, 6.45) is 9.05. The maximum atomic E-state index is 5.65. The second kappa shape index (κ2) is 9.61. The van der Waals surface area contributed by atoms with Gasteiger partial charge in [0.15, 0.2) is 0 Å². The number of ether oxygens (including phenoxy) is 1. The first-order chi connectivity index (χ1) is 9.30. The van der Waals surface area contributed by atoms with Crippen LogP contribution in [0.3, 0.4) is 0 Å². The highest BCUT2D eigenvalue weighted by Crippen LogP contribution is 2.12. The molecule has 0 bridgehead atoms. The topological polar surface area (TPSA) is 12.5 Å². The van der Waals surface area contributed by atoms with Crippen molar-refractivity contribution >= 4 is 0 Å². The summed E-state index contributed by atoms with van der Waals surface area (Å²) in [4.78, 5) is 2.46. The van der Waals surface area contributed by atoms with Gasteiger partial charge < -0.3 is 4.74 Å². The summed E-state index contributed by atoms with van der Waals surface area (Å²) in [7, 11) is 0. The fraction of sp³-hybridized carbons (Fsp3) is 0.529. The summed E-state index contributed by atoms with van der Waals surface area (Å²) < 4.78 is 5.65. The third kappa shape index (κ3) is 6.42. The molecule has 1 saturated heterocycles. The van der Waals surface area contributed by atoms with E-state index >= 15 is 0 Å². The third-order valence-electron chi connectivity index (χ3n) is 3.26. The van der Waals surface area contributed by atoms with Crippen LogP contribution < -0.4 is 0 Å². The third-order valence-corrected chi connectivity index (χ3v) is 3.26. The molecule has 0 amide bonds. The molecule has 0 spiro atoms. The van der Waals surface area contributed by atoms with Crippen molar-refractivity contribution in [3.05, 3.63) is 36.5 Å². The van der Waals surface area contributed by atoms with Crippen LogP contribution in [0.1, 0.15) is 20.3 Å². The van der Waals surface area contributed by atoms with Crippen LogP contribution in [0, 0.1) is 17.8 Å². The van der Waals surface area contributed by atoms with E-state index in [1.54, 1.807) is 0 Å². The molecular weight excluding hydrogens is 234 g/mol. The molecule has 0 saturated carbocycles. The summed E-state index contributed by atoms with van der Waals surface area (Å²) >= 11 is 0. The Labute approximate surface area is 117 Å². The molecule has 1 unspecified atom stereocenters. The second-order valence-electron chi connectivity index (χ2n) is 4.79. The van der Waals surface area contributed by atoms with Crippen molar-refractivity contribution < 1.29 is 4.74 Å². The highest BCUT2D eigenvalue weighted by molar-refractivity contribution is 5.29. The molecule has 19 heavy (non-hydrogen) atoms. The van der Waals surface area contributed by atoms with Gasteiger partial charge in [-0.15, -0.1) is 5.92 Å². The zero-order chi connectivity index (χ0) is 13.9. The van der Waals surface area contributed by atoms with E-state index in [9.17, 15) is 0 Å². The fourth-order valence-corrected chi connectivity index (χ4v) is 2.15. The van der Waals surface area contributed by atoms with Crippen LogP contribution in [0.5, 0.6) is 0 Å². The molecule has 104 valence electrons. The van der Waals surface area contributed by atoms with E-state index in [2.05, 4.69) is 42.4 Å².